The summed E-state index contributed by atoms with van der Waals surface area (Å²) in [6.45, 7) is 7.45. The van der Waals surface area contributed by atoms with E-state index in [1.807, 2.05) is 0 Å². The predicted octanol–water partition coefficient (Wildman–Crippen LogP) is 2.55. The molecule has 1 rings (SSSR count). The van der Waals surface area contributed by atoms with Crippen LogP contribution in [-0.2, 0) is 0 Å². The molecule has 1 heterocycles. The summed E-state index contributed by atoms with van der Waals surface area (Å²) in [5, 5.41) is 3.62. The van der Waals surface area contributed by atoms with Crippen molar-refractivity contribution in [2.75, 3.05) is 6.54 Å². The number of nitrogens with one attached hydrogen (secondary N) is 1. The maximum Gasteiger partial charge on any atom is 0.0636 e. The summed E-state index contributed by atoms with van der Waals surface area (Å²) in [5.74, 6) is 0. The van der Waals surface area contributed by atoms with Crippen LogP contribution in [0.4, 0.5) is 0 Å². The van der Waals surface area contributed by atoms with Crippen LogP contribution in [0.2, 0.25) is 0 Å². The Balaban J connectivity index is 2.53. The molecule has 0 saturated carbocycles. The van der Waals surface area contributed by atoms with Crippen molar-refractivity contribution >= 4 is 5.71 Å². The lowest BCUT2D eigenvalue weighted by molar-refractivity contribution is 0.467. The smallest absolute Gasteiger partial charge is 0.0636 e. The summed E-state index contributed by atoms with van der Waals surface area (Å²) in [5.41, 5.74) is 1.22. The molecule has 0 aromatic heterocycles. The SMILES string of the molecule is CC/C=C\C1NC(CCC)CN=C1C. The zero-order valence-corrected chi connectivity index (χ0v) is 9.59. The minimum absolute atomic E-state index is 0.375. The first-order valence-electron chi connectivity index (χ1n) is 5.71. The van der Waals surface area contributed by atoms with Crippen molar-refractivity contribution in [1.82, 2.24) is 5.32 Å². The molecule has 80 valence electrons. The number of hydrogen-bond donors (Lipinski definition) is 1. The van der Waals surface area contributed by atoms with Gasteiger partial charge >= 0.3 is 0 Å². The van der Waals surface area contributed by atoms with Crippen LogP contribution < -0.4 is 5.32 Å². The average Bonchev–Trinajstić information content (AvgIpc) is 2.19. The highest BCUT2D eigenvalue weighted by Gasteiger charge is 2.18. The van der Waals surface area contributed by atoms with Gasteiger partial charge in [-0.1, -0.05) is 32.4 Å². The molecule has 2 heteroatoms. The van der Waals surface area contributed by atoms with Crippen molar-refractivity contribution < 1.29 is 0 Å². The van der Waals surface area contributed by atoms with Crippen molar-refractivity contribution in [3.05, 3.63) is 12.2 Å². The Morgan fingerprint density at radius 2 is 2.29 bits per heavy atom. The fraction of sp³-hybridized carbons (Fsp3) is 0.750. The van der Waals surface area contributed by atoms with E-state index >= 15 is 0 Å². The fourth-order valence-corrected chi connectivity index (χ4v) is 1.77. The molecule has 0 fully saturated rings. The first-order valence-corrected chi connectivity index (χ1v) is 5.71. The summed E-state index contributed by atoms with van der Waals surface area (Å²) in [4.78, 5) is 4.57. The average molecular weight is 194 g/mol. The van der Waals surface area contributed by atoms with Gasteiger partial charge in [-0.05, 0) is 19.8 Å². The Labute approximate surface area is 87.5 Å². The van der Waals surface area contributed by atoms with Crippen LogP contribution in [0, 0.1) is 0 Å². The molecule has 0 bridgehead atoms. The van der Waals surface area contributed by atoms with Gasteiger partial charge in [0, 0.05) is 11.8 Å². The molecule has 0 saturated heterocycles. The van der Waals surface area contributed by atoms with Gasteiger partial charge in [-0.25, -0.2) is 0 Å². The number of nitrogens with zero attached hydrogens (tertiary/aromatic N) is 1. The topological polar surface area (TPSA) is 24.4 Å². The van der Waals surface area contributed by atoms with Crippen LogP contribution in [0.15, 0.2) is 17.1 Å². The van der Waals surface area contributed by atoms with Gasteiger partial charge in [-0.2, -0.15) is 0 Å². The molecule has 14 heavy (non-hydrogen) atoms. The van der Waals surface area contributed by atoms with E-state index in [2.05, 4.69) is 43.2 Å². The van der Waals surface area contributed by atoms with E-state index in [1.165, 1.54) is 18.6 Å². The Morgan fingerprint density at radius 1 is 1.50 bits per heavy atom. The van der Waals surface area contributed by atoms with Crippen molar-refractivity contribution in [3.8, 4) is 0 Å². The predicted molar refractivity (Wildman–Crippen MR) is 63.0 cm³/mol. The highest BCUT2D eigenvalue weighted by atomic mass is 15.0. The van der Waals surface area contributed by atoms with Crippen molar-refractivity contribution in [3.63, 3.8) is 0 Å². The van der Waals surface area contributed by atoms with E-state index in [0.717, 1.165) is 13.0 Å². The highest BCUT2D eigenvalue weighted by Crippen LogP contribution is 2.07. The lowest BCUT2D eigenvalue weighted by Crippen LogP contribution is -2.46. The molecule has 1 N–H and O–H groups in total. The van der Waals surface area contributed by atoms with Gasteiger partial charge in [-0.3, -0.25) is 4.99 Å². The number of aliphatic imine (C=N–C) groups is 1. The molecule has 0 aromatic rings. The molecule has 2 atom stereocenters. The Morgan fingerprint density at radius 3 is 2.93 bits per heavy atom. The monoisotopic (exact) mass is 194 g/mol. The van der Waals surface area contributed by atoms with Gasteiger partial charge in [0.05, 0.1) is 12.6 Å². The van der Waals surface area contributed by atoms with Crippen LogP contribution in [0.5, 0.6) is 0 Å². The molecule has 0 radical (unpaired) electrons. The van der Waals surface area contributed by atoms with Gasteiger partial charge in [-0.15, -0.1) is 0 Å². The van der Waals surface area contributed by atoms with E-state index in [1.54, 1.807) is 0 Å². The summed E-state index contributed by atoms with van der Waals surface area (Å²) in [7, 11) is 0. The molecular weight excluding hydrogens is 172 g/mol. The molecule has 0 aromatic carbocycles. The van der Waals surface area contributed by atoms with Gasteiger partial charge < -0.3 is 5.32 Å². The minimum atomic E-state index is 0.375. The van der Waals surface area contributed by atoms with Crippen LogP contribution in [-0.4, -0.2) is 24.3 Å². The zero-order valence-electron chi connectivity index (χ0n) is 9.59. The lowest BCUT2D eigenvalue weighted by atomic mass is 10.0. The molecular formula is C12H22N2. The summed E-state index contributed by atoms with van der Waals surface area (Å²) >= 11 is 0. The molecule has 2 nitrogen and oxygen atoms in total. The molecule has 1 aliphatic rings. The second-order valence-corrected chi connectivity index (χ2v) is 3.95. The van der Waals surface area contributed by atoms with Crippen LogP contribution in [0.1, 0.15) is 40.0 Å². The van der Waals surface area contributed by atoms with E-state index in [-0.39, 0.29) is 0 Å². The number of rotatable bonds is 4. The van der Waals surface area contributed by atoms with Crippen molar-refractivity contribution in [2.24, 2.45) is 4.99 Å². The Bertz CT molecular complexity index is 218. The van der Waals surface area contributed by atoms with Crippen molar-refractivity contribution in [2.45, 2.75) is 52.1 Å². The first kappa shape index (κ1) is 11.4. The summed E-state index contributed by atoms with van der Waals surface area (Å²) in [6, 6.07) is 0.954. The normalized spacial score (nSPS) is 28.1. The second-order valence-electron chi connectivity index (χ2n) is 3.95. The minimum Gasteiger partial charge on any atom is -0.301 e. The van der Waals surface area contributed by atoms with Gasteiger partial charge in [0.2, 0.25) is 0 Å². The van der Waals surface area contributed by atoms with Crippen LogP contribution in [0.3, 0.4) is 0 Å². The third-order valence-corrected chi connectivity index (χ3v) is 2.63. The quantitative estimate of drug-likeness (QED) is 0.683. The highest BCUT2D eigenvalue weighted by molar-refractivity contribution is 5.89. The fourth-order valence-electron chi connectivity index (χ4n) is 1.77. The molecule has 2 unspecified atom stereocenters. The summed E-state index contributed by atoms with van der Waals surface area (Å²) in [6.07, 6.45) is 8.01. The Kier molecular flexibility index (Phi) is 4.88. The largest absolute Gasteiger partial charge is 0.301 e. The van der Waals surface area contributed by atoms with Crippen molar-refractivity contribution in [1.29, 1.82) is 0 Å². The number of hydrogen-bond acceptors (Lipinski definition) is 2. The molecule has 0 amide bonds. The van der Waals surface area contributed by atoms with E-state index < -0.39 is 0 Å². The van der Waals surface area contributed by atoms with Gasteiger partial charge in [0.25, 0.3) is 0 Å². The molecule has 0 spiro atoms. The van der Waals surface area contributed by atoms with E-state index in [4.69, 9.17) is 0 Å². The third kappa shape index (κ3) is 3.26. The van der Waals surface area contributed by atoms with Crippen LogP contribution in [0.25, 0.3) is 0 Å². The first-order chi connectivity index (χ1) is 6.77. The maximum absolute atomic E-state index is 4.57. The van der Waals surface area contributed by atoms with E-state index in [0.29, 0.717) is 12.1 Å². The standard InChI is InChI=1S/C12H22N2/c1-4-6-8-12-10(3)13-9-11(14-12)7-5-2/h6,8,11-12,14H,4-5,7,9H2,1-3H3/b8-6-. The second kappa shape index (κ2) is 5.97. The Hall–Kier alpha value is -0.630. The summed E-state index contributed by atoms with van der Waals surface area (Å²) < 4.78 is 0. The van der Waals surface area contributed by atoms with Gasteiger partial charge in [0.15, 0.2) is 0 Å². The van der Waals surface area contributed by atoms with Gasteiger partial charge in [0.1, 0.15) is 0 Å². The van der Waals surface area contributed by atoms with Crippen LogP contribution >= 0.6 is 0 Å². The molecule has 1 aliphatic heterocycles. The molecule has 0 aliphatic carbocycles. The third-order valence-electron chi connectivity index (χ3n) is 2.63. The number of allylic oxidation sites excluding steroid dienone is 1. The van der Waals surface area contributed by atoms with E-state index in [9.17, 15) is 0 Å². The zero-order chi connectivity index (χ0) is 10.4. The lowest BCUT2D eigenvalue weighted by Gasteiger charge is -2.27. The maximum atomic E-state index is 4.57.